The van der Waals surface area contributed by atoms with Crippen LogP contribution in [0, 0.1) is 0 Å². The second-order valence-electron chi connectivity index (χ2n) is 6.65. The number of benzene rings is 2. The predicted molar refractivity (Wildman–Crippen MR) is 120 cm³/mol. The van der Waals surface area contributed by atoms with Crippen molar-refractivity contribution in [3.05, 3.63) is 75.9 Å². The normalized spacial score (nSPS) is 14.5. The second kappa shape index (κ2) is 9.67. The Bertz CT molecular complexity index is 1210. The maximum Gasteiger partial charge on any atom is 0.290 e. The van der Waals surface area contributed by atoms with Gasteiger partial charge in [0.25, 0.3) is 11.1 Å². The van der Waals surface area contributed by atoms with Gasteiger partial charge in [0.15, 0.2) is 0 Å². The van der Waals surface area contributed by atoms with Crippen molar-refractivity contribution >= 4 is 52.2 Å². The van der Waals surface area contributed by atoms with Gasteiger partial charge in [-0.05, 0) is 47.7 Å². The molecule has 0 aliphatic carbocycles. The number of anilines is 1. The third kappa shape index (κ3) is 5.54. The van der Waals surface area contributed by atoms with E-state index in [-0.39, 0.29) is 24.3 Å². The molecule has 0 bridgehead atoms. The van der Waals surface area contributed by atoms with Crippen molar-refractivity contribution in [2.24, 2.45) is 0 Å². The molecule has 1 aliphatic heterocycles. The molecule has 11 heteroatoms. The topological polar surface area (TPSA) is 115 Å². The van der Waals surface area contributed by atoms with Gasteiger partial charge in [-0.2, -0.15) is 0 Å². The lowest BCUT2D eigenvalue weighted by atomic mass is 10.2. The molecule has 2 aromatic carbocycles. The highest BCUT2D eigenvalue weighted by Gasteiger charge is 2.24. The van der Waals surface area contributed by atoms with Crippen LogP contribution in [0.3, 0.4) is 0 Å². The third-order valence-electron chi connectivity index (χ3n) is 4.25. The van der Waals surface area contributed by atoms with Crippen LogP contribution in [0.15, 0.2) is 59.6 Å². The summed E-state index contributed by atoms with van der Waals surface area (Å²) in [5, 5.41) is 12.9. The first-order chi connectivity index (χ1) is 15.5. The minimum atomic E-state index is -0.399. The SMILES string of the molecule is O=C(Cn1cc(COc2ccc(C=C3SC(=O)NC3=O)cc2)nn1)Nc1ccccc1Cl. The van der Waals surface area contributed by atoms with E-state index in [1.54, 1.807) is 60.8 Å². The largest absolute Gasteiger partial charge is 0.487 e. The number of hydrogen-bond donors (Lipinski definition) is 2. The molecule has 1 saturated heterocycles. The molecule has 162 valence electrons. The molecule has 1 aliphatic rings. The zero-order chi connectivity index (χ0) is 22.5. The quantitative estimate of drug-likeness (QED) is 0.509. The van der Waals surface area contributed by atoms with Crippen LogP contribution in [0.4, 0.5) is 10.5 Å². The number of ether oxygens (including phenoxy) is 1. The van der Waals surface area contributed by atoms with Crippen LogP contribution in [0.25, 0.3) is 6.08 Å². The van der Waals surface area contributed by atoms with E-state index >= 15 is 0 Å². The van der Waals surface area contributed by atoms with E-state index in [1.165, 1.54) is 4.68 Å². The number of amides is 3. The van der Waals surface area contributed by atoms with Gasteiger partial charge in [0, 0.05) is 0 Å². The third-order valence-corrected chi connectivity index (χ3v) is 5.39. The van der Waals surface area contributed by atoms with Crippen LogP contribution in [0.1, 0.15) is 11.3 Å². The van der Waals surface area contributed by atoms with Crippen LogP contribution in [-0.4, -0.2) is 32.0 Å². The summed E-state index contributed by atoms with van der Waals surface area (Å²) >= 11 is 6.90. The van der Waals surface area contributed by atoms with Gasteiger partial charge in [-0.15, -0.1) is 5.10 Å². The number of nitrogens with zero attached hydrogens (tertiary/aromatic N) is 3. The zero-order valence-electron chi connectivity index (χ0n) is 16.4. The molecule has 1 aromatic heterocycles. The van der Waals surface area contributed by atoms with E-state index < -0.39 is 5.91 Å². The number of carbonyl (C=O) groups excluding carboxylic acids is 3. The Labute approximate surface area is 191 Å². The zero-order valence-corrected chi connectivity index (χ0v) is 18.0. The molecule has 32 heavy (non-hydrogen) atoms. The Morgan fingerprint density at radius 3 is 2.69 bits per heavy atom. The Morgan fingerprint density at radius 2 is 1.97 bits per heavy atom. The Hall–Kier alpha value is -3.63. The van der Waals surface area contributed by atoms with Gasteiger partial charge < -0.3 is 10.1 Å². The average molecular weight is 470 g/mol. The molecule has 3 aromatic rings. The molecule has 0 spiro atoms. The van der Waals surface area contributed by atoms with Crippen molar-refractivity contribution in [1.29, 1.82) is 0 Å². The smallest absolute Gasteiger partial charge is 0.290 e. The van der Waals surface area contributed by atoms with Crippen LogP contribution in [0.2, 0.25) is 5.02 Å². The minimum Gasteiger partial charge on any atom is -0.487 e. The highest BCUT2D eigenvalue weighted by Crippen LogP contribution is 2.26. The highest BCUT2D eigenvalue weighted by molar-refractivity contribution is 8.18. The summed E-state index contributed by atoms with van der Waals surface area (Å²) in [4.78, 5) is 35.3. The molecule has 2 N–H and O–H groups in total. The van der Waals surface area contributed by atoms with Crippen LogP contribution >= 0.6 is 23.4 Å². The molecule has 4 rings (SSSR count). The van der Waals surface area contributed by atoms with Gasteiger partial charge in [0.05, 0.1) is 21.8 Å². The second-order valence-corrected chi connectivity index (χ2v) is 8.07. The Kier molecular flexibility index (Phi) is 6.52. The van der Waals surface area contributed by atoms with Crippen LogP contribution < -0.4 is 15.4 Å². The monoisotopic (exact) mass is 469 g/mol. The molecule has 0 saturated carbocycles. The van der Waals surface area contributed by atoms with E-state index in [0.717, 1.165) is 17.3 Å². The fourth-order valence-corrected chi connectivity index (χ4v) is 3.64. The van der Waals surface area contributed by atoms with Crippen molar-refractivity contribution < 1.29 is 19.1 Å². The molecule has 1 fully saturated rings. The molecule has 3 amide bonds. The lowest BCUT2D eigenvalue weighted by Crippen LogP contribution is -2.19. The molecule has 0 unspecified atom stereocenters. The van der Waals surface area contributed by atoms with E-state index in [9.17, 15) is 14.4 Å². The molecular formula is C21H16ClN5O4S. The first-order valence-electron chi connectivity index (χ1n) is 9.37. The molecule has 0 radical (unpaired) electrons. The maximum atomic E-state index is 12.2. The summed E-state index contributed by atoms with van der Waals surface area (Å²) in [7, 11) is 0. The van der Waals surface area contributed by atoms with E-state index in [2.05, 4.69) is 20.9 Å². The summed E-state index contributed by atoms with van der Waals surface area (Å²) in [5.41, 5.74) is 1.85. The molecule has 0 atom stereocenters. The van der Waals surface area contributed by atoms with E-state index in [0.29, 0.717) is 27.1 Å². The van der Waals surface area contributed by atoms with Gasteiger partial charge in [0.2, 0.25) is 5.91 Å². The summed E-state index contributed by atoms with van der Waals surface area (Å²) in [6, 6.07) is 14.0. The van der Waals surface area contributed by atoms with E-state index in [4.69, 9.17) is 16.3 Å². The lowest BCUT2D eigenvalue weighted by Gasteiger charge is -2.06. The van der Waals surface area contributed by atoms with Gasteiger partial charge in [-0.3, -0.25) is 19.7 Å². The minimum absolute atomic E-state index is 0.0182. The average Bonchev–Trinajstić information content (AvgIpc) is 3.34. The van der Waals surface area contributed by atoms with Gasteiger partial charge in [-0.1, -0.05) is 41.1 Å². The van der Waals surface area contributed by atoms with Crippen molar-refractivity contribution in [2.45, 2.75) is 13.2 Å². The van der Waals surface area contributed by atoms with Crippen molar-refractivity contribution in [1.82, 2.24) is 20.3 Å². The van der Waals surface area contributed by atoms with Crippen molar-refractivity contribution in [3.8, 4) is 5.75 Å². The number of carbonyl (C=O) groups is 3. The lowest BCUT2D eigenvalue weighted by molar-refractivity contribution is -0.117. The van der Waals surface area contributed by atoms with E-state index in [1.807, 2.05) is 0 Å². The summed E-state index contributed by atoms with van der Waals surface area (Å²) in [6.07, 6.45) is 3.26. The number of aromatic nitrogens is 3. The molecule has 2 heterocycles. The maximum absolute atomic E-state index is 12.2. The van der Waals surface area contributed by atoms with Crippen LogP contribution in [0.5, 0.6) is 5.75 Å². The highest BCUT2D eigenvalue weighted by atomic mass is 35.5. The van der Waals surface area contributed by atoms with Crippen molar-refractivity contribution in [3.63, 3.8) is 0 Å². The van der Waals surface area contributed by atoms with Crippen molar-refractivity contribution in [2.75, 3.05) is 5.32 Å². The van der Waals surface area contributed by atoms with Gasteiger partial charge >= 0.3 is 0 Å². The molecular weight excluding hydrogens is 454 g/mol. The first-order valence-corrected chi connectivity index (χ1v) is 10.6. The number of thioether (sulfide) groups is 1. The Balaban J connectivity index is 1.29. The molecule has 9 nitrogen and oxygen atoms in total. The predicted octanol–water partition coefficient (Wildman–Crippen LogP) is 3.47. The Morgan fingerprint density at radius 1 is 1.19 bits per heavy atom. The number of nitrogens with one attached hydrogen (secondary N) is 2. The van der Waals surface area contributed by atoms with Gasteiger partial charge in [0.1, 0.15) is 24.6 Å². The first kappa shape index (κ1) is 21.6. The number of halogens is 1. The number of imide groups is 1. The fourth-order valence-electron chi connectivity index (χ4n) is 2.77. The number of para-hydroxylation sites is 1. The summed E-state index contributed by atoms with van der Waals surface area (Å²) in [6.45, 7) is 0.148. The number of rotatable bonds is 7. The fraction of sp³-hybridized carbons (Fsp3) is 0.0952. The summed E-state index contributed by atoms with van der Waals surface area (Å²) in [5.74, 6) is -0.0855. The number of hydrogen-bond acceptors (Lipinski definition) is 7. The summed E-state index contributed by atoms with van der Waals surface area (Å²) < 4.78 is 7.10. The standard InChI is InChI=1S/C21H16ClN5O4S/c22-16-3-1-2-4-17(16)23-19(28)11-27-10-14(25-26-27)12-31-15-7-5-13(6-8-15)9-18-20(29)24-21(30)32-18/h1-10H,11-12H2,(H,23,28)(H,24,29,30). The van der Waals surface area contributed by atoms with Gasteiger partial charge in [-0.25, -0.2) is 4.68 Å². The van der Waals surface area contributed by atoms with Crippen LogP contribution in [-0.2, 0) is 22.7 Å².